The molecule has 1 heterocycles. The molecule has 0 radical (unpaired) electrons. The summed E-state index contributed by atoms with van der Waals surface area (Å²) in [5, 5.41) is 0.975. The Labute approximate surface area is 143 Å². The van der Waals surface area contributed by atoms with Gasteiger partial charge in [-0.1, -0.05) is 29.3 Å². The smallest absolute Gasteiger partial charge is 0.253 e. The molecule has 6 heteroatoms. The number of rotatable bonds is 3. The van der Waals surface area contributed by atoms with Crippen LogP contribution in [0.1, 0.15) is 15.9 Å². The van der Waals surface area contributed by atoms with E-state index in [-0.39, 0.29) is 5.91 Å². The first kappa shape index (κ1) is 15.7. The zero-order valence-electron chi connectivity index (χ0n) is 12.3. The van der Waals surface area contributed by atoms with Gasteiger partial charge in [-0.15, -0.1) is 0 Å². The minimum Gasteiger partial charge on any atom is -0.337 e. The van der Waals surface area contributed by atoms with Gasteiger partial charge < -0.3 is 4.90 Å². The lowest BCUT2D eigenvalue weighted by atomic mass is 10.1. The maximum atomic E-state index is 12.6. The topological polar surface area (TPSA) is 46.1 Å². The highest BCUT2D eigenvalue weighted by molar-refractivity contribution is 6.42. The molecule has 0 saturated heterocycles. The molecule has 1 amide bonds. The van der Waals surface area contributed by atoms with Gasteiger partial charge in [-0.05, 0) is 35.9 Å². The van der Waals surface area contributed by atoms with Crippen LogP contribution in [-0.2, 0) is 6.54 Å². The third-order valence-corrected chi connectivity index (χ3v) is 4.21. The summed E-state index contributed by atoms with van der Waals surface area (Å²) in [6.45, 7) is 0.439. The highest BCUT2D eigenvalue weighted by Crippen LogP contribution is 2.23. The minimum absolute atomic E-state index is 0.0939. The fraction of sp³-hybridized carbons (Fsp3) is 0.118. The maximum absolute atomic E-state index is 12.6. The fourth-order valence-corrected chi connectivity index (χ4v) is 2.62. The van der Waals surface area contributed by atoms with Crippen LogP contribution >= 0.6 is 23.2 Å². The maximum Gasteiger partial charge on any atom is 0.253 e. The van der Waals surface area contributed by atoms with Gasteiger partial charge in [-0.25, -0.2) is 0 Å². The van der Waals surface area contributed by atoms with Gasteiger partial charge >= 0.3 is 0 Å². The Morgan fingerprint density at radius 3 is 2.48 bits per heavy atom. The number of carbonyl (C=O) groups excluding carboxylic acids is 1. The molecule has 0 unspecified atom stereocenters. The van der Waals surface area contributed by atoms with E-state index in [4.69, 9.17) is 23.2 Å². The standard InChI is InChI=1S/C17H13Cl2N3O/c1-22(10-11-2-4-13(18)14(19)8-11)17(23)12-3-5-15-16(9-12)21-7-6-20-15/h2-9H,10H2,1H3. The van der Waals surface area contributed by atoms with Crippen LogP contribution < -0.4 is 0 Å². The second-order valence-corrected chi connectivity index (χ2v) is 5.98. The molecule has 0 N–H and O–H groups in total. The highest BCUT2D eigenvalue weighted by atomic mass is 35.5. The molecule has 0 saturated carbocycles. The number of halogens is 2. The molecule has 3 rings (SSSR count). The molecule has 0 bridgehead atoms. The van der Waals surface area contributed by atoms with Crippen molar-refractivity contribution in [3.05, 3.63) is 70.0 Å². The number of hydrogen-bond donors (Lipinski definition) is 0. The van der Waals surface area contributed by atoms with Crippen LogP contribution in [0.4, 0.5) is 0 Å². The van der Waals surface area contributed by atoms with Crippen molar-refractivity contribution in [1.29, 1.82) is 0 Å². The van der Waals surface area contributed by atoms with Crippen molar-refractivity contribution < 1.29 is 4.79 Å². The van der Waals surface area contributed by atoms with Crippen molar-refractivity contribution in [2.45, 2.75) is 6.54 Å². The summed E-state index contributed by atoms with van der Waals surface area (Å²) in [6.07, 6.45) is 3.23. The van der Waals surface area contributed by atoms with E-state index in [2.05, 4.69) is 9.97 Å². The molecule has 23 heavy (non-hydrogen) atoms. The van der Waals surface area contributed by atoms with Crippen molar-refractivity contribution in [2.24, 2.45) is 0 Å². The van der Waals surface area contributed by atoms with Gasteiger partial charge in [0.25, 0.3) is 5.91 Å². The average molecular weight is 346 g/mol. The molecule has 116 valence electrons. The summed E-state index contributed by atoms with van der Waals surface area (Å²) in [7, 11) is 1.74. The van der Waals surface area contributed by atoms with Crippen molar-refractivity contribution in [2.75, 3.05) is 7.05 Å². The molecular weight excluding hydrogens is 333 g/mol. The van der Waals surface area contributed by atoms with E-state index in [0.29, 0.717) is 27.7 Å². The summed E-state index contributed by atoms with van der Waals surface area (Å²) in [5.74, 6) is -0.0939. The highest BCUT2D eigenvalue weighted by Gasteiger charge is 2.13. The van der Waals surface area contributed by atoms with Gasteiger partial charge in [-0.2, -0.15) is 0 Å². The number of nitrogens with zero attached hydrogens (tertiary/aromatic N) is 3. The Hall–Kier alpha value is -2.17. The van der Waals surface area contributed by atoms with Gasteiger partial charge in [0, 0.05) is 31.5 Å². The van der Waals surface area contributed by atoms with Gasteiger partial charge in [0.1, 0.15) is 0 Å². The summed E-state index contributed by atoms with van der Waals surface area (Å²) in [5.41, 5.74) is 2.94. The average Bonchev–Trinajstić information content (AvgIpc) is 2.57. The molecule has 2 aromatic carbocycles. The molecule has 3 aromatic rings. The van der Waals surface area contributed by atoms with Crippen LogP contribution in [0.25, 0.3) is 11.0 Å². The first-order chi connectivity index (χ1) is 11.0. The normalized spacial score (nSPS) is 10.7. The Morgan fingerprint density at radius 2 is 1.74 bits per heavy atom. The third-order valence-electron chi connectivity index (χ3n) is 3.47. The number of fused-ring (bicyclic) bond motifs is 1. The number of hydrogen-bond acceptors (Lipinski definition) is 3. The van der Waals surface area contributed by atoms with Crippen LogP contribution in [-0.4, -0.2) is 27.8 Å². The Morgan fingerprint density at radius 1 is 1.00 bits per heavy atom. The molecule has 0 aliphatic rings. The van der Waals surface area contributed by atoms with E-state index >= 15 is 0 Å². The molecule has 4 nitrogen and oxygen atoms in total. The number of carbonyl (C=O) groups is 1. The third kappa shape index (κ3) is 3.44. The minimum atomic E-state index is -0.0939. The van der Waals surface area contributed by atoms with Crippen molar-refractivity contribution in [1.82, 2.24) is 14.9 Å². The number of aromatic nitrogens is 2. The first-order valence-electron chi connectivity index (χ1n) is 6.95. The summed E-state index contributed by atoms with van der Waals surface area (Å²) < 4.78 is 0. The predicted octanol–water partition coefficient (Wildman–Crippen LogP) is 4.21. The lowest BCUT2D eigenvalue weighted by Gasteiger charge is -2.18. The Kier molecular flexibility index (Phi) is 4.46. The summed E-state index contributed by atoms with van der Waals surface area (Å²) >= 11 is 11.9. The van der Waals surface area contributed by atoms with E-state index in [9.17, 15) is 4.79 Å². The zero-order valence-corrected chi connectivity index (χ0v) is 13.8. The van der Waals surface area contributed by atoms with Crippen molar-refractivity contribution in [3.8, 4) is 0 Å². The fourth-order valence-electron chi connectivity index (χ4n) is 2.30. The second-order valence-electron chi connectivity index (χ2n) is 5.17. The SMILES string of the molecule is CN(Cc1ccc(Cl)c(Cl)c1)C(=O)c1ccc2nccnc2c1. The van der Waals surface area contributed by atoms with Crippen LogP contribution in [0.15, 0.2) is 48.8 Å². The molecule has 0 aliphatic heterocycles. The quantitative estimate of drug-likeness (QED) is 0.714. The van der Waals surface area contributed by atoms with Crippen LogP contribution in [0.2, 0.25) is 10.0 Å². The monoisotopic (exact) mass is 345 g/mol. The molecular formula is C17H13Cl2N3O. The Bertz CT molecular complexity index is 883. The van der Waals surface area contributed by atoms with Gasteiger partial charge in [0.15, 0.2) is 0 Å². The first-order valence-corrected chi connectivity index (χ1v) is 7.70. The molecule has 0 aliphatic carbocycles. The van der Waals surface area contributed by atoms with Gasteiger partial charge in [0.2, 0.25) is 0 Å². The largest absolute Gasteiger partial charge is 0.337 e. The van der Waals surface area contributed by atoms with Crippen LogP contribution in [0.3, 0.4) is 0 Å². The molecule has 1 aromatic heterocycles. The zero-order chi connectivity index (χ0) is 16.4. The molecule has 0 fully saturated rings. The van der Waals surface area contributed by atoms with Crippen molar-refractivity contribution in [3.63, 3.8) is 0 Å². The number of benzene rings is 2. The predicted molar refractivity (Wildman–Crippen MR) is 91.8 cm³/mol. The van der Waals surface area contributed by atoms with Gasteiger partial charge in [0.05, 0.1) is 21.1 Å². The van der Waals surface area contributed by atoms with E-state index in [1.807, 2.05) is 6.07 Å². The molecule has 0 atom stereocenters. The van der Waals surface area contributed by atoms with E-state index < -0.39 is 0 Å². The van der Waals surface area contributed by atoms with Gasteiger partial charge in [-0.3, -0.25) is 14.8 Å². The van der Waals surface area contributed by atoms with Crippen molar-refractivity contribution >= 4 is 40.1 Å². The van der Waals surface area contributed by atoms with Crippen LogP contribution in [0.5, 0.6) is 0 Å². The summed E-state index contributed by atoms with van der Waals surface area (Å²) in [4.78, 5) is 22.6. The Balaban J connectivity index is 1.81. The lowest BCUT2D eigenvalue weighted by molar-refractivity contribution is 0.0785. The summed E-state index contributed by atoms with van der Waals surface area (Å²) in [6, 6.07) is 10.6. The van der Waals surface area contributed by atoms with E-state index in [1.165, 1.54) is 0 Å². The second kappa shape index (κ2) is 6.52. The molecule has 0 spiro atoms. The number of amides is 1. The van der Waals surface area contributed by atoms with Crippen LogP contribution in [0, 0.1) is 0 Å². The lowest BCUT2D eigenvalue weighted by Crippen LogP contribution is -2.26. The van der Waals surface area contributed by atoms with E-state index in [0.717, 1.165) is 11.1 Å². The van der Waals surface area contributed by atoms with E-state index in [1.54, 1.807) is 54.7 Å².